The maximum absolute atomic E-state index is 11.1. The lowest BCUT2D eigenvalue weighted by Gasteiger charge is -2.23. The third-order valence-corrected chi connectivity index (χ3v) is 4.18. The quantitative estimate of drug-likeness (QED) is 0.898. The molecule has 0 aromatic heterocycles. The number of hydrogen-bond donors (Lipinski definition) is 1. The SMILES string of the molecule is Cc1ccc(C)c(OCCN2CCC(C(=O)O)C2C)c1. The predicted octanol–water partition coefficient (Wildman–Crippen LogP) is 2.48. The maximum atomic E-state index is 11.1. The van der Waals surface area contributed by atoms with Crippen molar-refractivity contribution in [2.75, 3.05) is 19.7 Å². The molecule has 2 unspecified atom stereocenters. The van der Waals surface area contributed by atoms with E-state index in [1.165, 1.54) is 5.56 Å². The Balaban J connectivity index is 1.85. The Morgan fingerprint density at radius 1 is 1.45 bits per heavy atom. The lowest BCUT2D eigenvalue weighted by molar-refractivity contribution is -0.142. The summed E-state index contributed by atoms with van der Waals surface area (Å²) in [5.74, 6) is -0.00205. The van der Waals surface area contributed by atoms with E-state index in [4.69, 9.17) is 9.84 Å². The van der Waals surface area contributed by atoms with Gasteiger partial charge in [-0.2, -0.15) is 0 Å². The van der Waals surface area contributed by atoms with Crippen molar-refractivity contribution in [1.29, 1.82) is 0 Å². The summed E-state index contributed by atoms with van der Waals surface area (Å²) in [6.07, 6.45) is 0.736. The lowest BCUT2D eigenvalue weighted by atomic mass is 10.0. The number of carboxylic acid groups (broad SMARTS) is 1. The summed E-state index contributed by atoms with van der Waals surface area (Å²) in [6, 6.07) is 6.27. The Bertz CT molecular complexity index is 487. The van der Waals surface area contributed by atoms with Crippen molar-refractivity contribution in [2.45, 2.75) is 33.2 Å². The van der Waals surface area contributed by atoms with E-state index in [-0.39, 0.29) is 12.0 Å². The minimum atomic E-state index is -0.685. The molecule has 1 aliphatic rings. The van der Waals surface area contributed by atoms with Gasteiger partial charge in [0.2, 0.25) is 0 Å². The van der Waals surface area contributed by atoms with Crippen LogP contribution in [0, 0.1) is 19.8 Å². The van der Waals surface area contributed by atoms with Gasteiger partial charge >= 0.3 is 5.97 Å². The zero-order valence-electron chi connectivity index (χ0n) is 12.4. The van der Waals surface area contributed by atoms with Crippen molar-refractivity contribution >= 4 is 5.97 Å². The van der Waals surface area contributed by atoms with E-state index in [2.05, 4.69) is 17.0 Å². The second-order valence-electron chi connectivity index (χ2n) is 5.63. The van der Waals surface area contributed by atoms with Crippen molar-refractivity contribution in [3.05, 3.63) is 29.3 Å². The van der Waals surface area contributed by atoms with Crippen LogP contribution in [0.15, 0.2) is 18.2 Å². The highest BCUT2D eigenvalue weighted by Gasteiger charge is 2.35. The van der Waals surface area contributed by atoms with Crippen LogP contribution in [-0.4, -0.2) is 41.7 Å². The number of likely N-dealkylation sites (tertiary alicyclic amines) is 1. The first-order valence-electron chi connectivity index (χ1n) is 7.16. The van der Waals surface area contributed by atoms with Crippen LogP contribution in [0.3, 0.4) is 0 Å². The topological polar surface area (TPSA) is 49.8 Å². The molecule has 0 radical (unpaired) electrons. The van der Waals surface area contributed by atoms with Crippen molar-refractivity contribution in [3.63, 3.8) is 0 Å². The fraction of sp³-hybridized carbons (Fsp3) is 0.562. The monoisotopic (exact) mass is 277 g/mol. The van der Waals surface area contributed by atoms with Crippen LogP contribution < -0.4 is 4.74 Å². The summed E-state index contributed by atoms with van der Waals surface area (Å²) in [4.78, 5) is 13.3. The number of ether oxygens (including phenoxy) is 1. The maximum Gasteiger partial charge on any atom is 0.308 e. The van der Waals surface area contributed by atoms with Crippen molar-refractivity contribution < 1.29 is 14.6 Å². The summed E-state index contributed by atoms with van der Waals surface area (Å²) < 4.78 is 5.83. The molecular formula is C16H23NO3. The van der Waals surface area contributed by atoms with Crippen molar-refractivity contribution in [3.8, 4) is 5.75 Å². The zero-order chi connectivity index (χ0) is 14.7. The molecule has 0 aliphatic carbocycles. The summed E-state index contributed by atoms with van der Waals surface area (Å²) >= 11 is 0. The van der Waals surface area contributed by atoms with Gasteiger partial charge in [0.1, 0.15) is 12.4 Å². The second kappa shape index (κ2) is 6.27. The van der Waals surface area contributed by atoms with Gasteiger partial charge in [-0.05, 0) is 50.9 Å². The number of carbonyl (C=O) groups is 1. The van der Waals surface area contributed by atoms with E-state index in [9.17, 15) is 4.79 Å². The molecule has 0 bridgehead atoms. The van der Waals surface area contributed by atoms with Gasteiger partial charge in [-0.25, -0.2) is 0 Å². The van der Waals surface area contributed by atoms with Gasteiger partial charge in [-0.15, -0.1) is 0 Å². The standard InChI is InChI=1S/C16H23NO3/c1-11-4-5-12(2)15(10-11)20-9-8-17-7-6-14(13(17)3)16(18)19/h4-5,10,13-14H,6-9H2,1-3H3,(H,18,19). The van der Waals surface area contributed by atoms with Gasteiger partial charge in [-0.3, -0.25) is 9.69 Å². The molecule has 1 fully saturated rings. The number of aryl methyl sites for hydroxylation is 2. The molecule has 20 heavy (non-hydrogen) atoms. The average Bonchev–Trinajstić information content (AvgIpc) is 2.75. The van der Waals surface area contributed by atoms with Crippen LogP contribution in [0.2, 0.25) is 0 Å². The van der Waals surface area contributed by atoms with Gasteiger partial charge in [0.05, 0.1) is 5.92 Å². The van der Waals surface area contributed by atoms with Gasteiger partial charge in [0.15, 0.2) is 0 Å². The highest BCUT2D eigenvalue weighted by Crippen LogP contribution is 2.24. The molecular weight excluding hydrogens is 254 g/mol. The van der Waals surface area contributed by atoms with E-state index < -0.39 is 5.97 Å². The smallest absolute Gasteiger partial charge is 0.308 e. The summed E-state index contributed by atoms with van der Waals surface area (Å²) in [6.45, 7) is 8.29. The highest BCUT2D eigenvalue weighted by molar-refractivity contribution is 5.71. The van der Waals surface area contributed by atoms with Crippen LogP contribution in [0.4, 0.5) is 0 Å². The number of nitrogens with zero attached hydrogens (tertiary/aromatic N) is 1. The molecule has 1 aromatic carbocycles. The molecule has 1 saturated heterocycles. The van der Waals surface area contributed by atoms with Crippen LogP contribution in [0.1, 0.15) is 24.5 Å². The largest absolute Gasteiger partial charge is 0.492 e. The van der Waals surface area contributed by atoms with E-state index >= 15 is 0 Å². The Morgan fingerprint density at radius 2 is 2.20 bits per heavy atom. The molecule has 4 heteroatoms. The molecule has 2 atom stereocenters. The van der Waals surface area contributed by atoms with Crippen LogP contribution >= 0.6 is 0 Å². The second-order valence-corrected chi connectivity index (χ2v) is 5.63. The fourth-order valence-electron chi connectivity index (χ4n) is 2.79. The first-order valence-corrected chi connectivity index (χ1v) is 7.16. The van der Waals surface area contributed by atoms with Crippen LogP contribution in [-0.2, 0) is 4.79 Å². The normalized spacial score (nSPS) is 22.9. The first kappa shape index (κ1) is 14.9. The third kappa shape index (κ3) is 3.31. The molecule has 1 heterocycles. The Hall–Kier alpha value is -1.55. The Morgan fingerprint density at radius 3 is 2.85 bits per heavy atom. The lowest BCUT2D eigenvalue weighted by Crippen LogP contribution is -2.35. The minimum absolute atomic E-state index is 0.0923. The fourth-order valence-corrected chi connectivity index (χ4v) is 2.79. The number of carboxylic acids is 1. The van der Waals surface area contributed by atoms with Crippen molar-refractivity contribution in [1.82, 2.24) is 4.90 Å². The van der Waals surface area contributed by atoms with Crippen LogP contribution in [0.5, 0.6) is 5.75 Å². The molecule has 4 nitrogen and oxygen atoms in total. The van der Waals surface area contributed by atoms with Crippen molar-refractivity contribution in [2.24, 2.45) is 5.92 Å². The summed E-state index contributed by atoms with van der Waals surface area (Å²) in [5.41, 5.74) is 2.32. The molecule has 0 saturated carbocycles. The number of rotatable bonds is 5. The van der Waals surface area contributed by atoms with Gasteiger partial charge in [-0.1, -0.05) is 12.1 Å². The molecule has 1 aromatic rings. The molecule has 2 rings (SSSR count). The molecule has 1 N–H and O–H groups in total. The number of benzene rings is 1. The molecule has 110 valence electrons. The molecule has 0 amide bonds. The van der Waals surface area contributed by atoms with Gasteiger partial charge < -0.3 is 9.84 Å². The van der Waals surface area contributed by atoms with Gasteiger partial charge in [0.25, 0.3) is 0 Å². The third-order valence-electron chi connectivity index (χ3n) is 4.18. The molecule has 1 aliphatic heterocycles. The first-order chi connectivity index (χ1) is 9.49. The predicted molar refractivity (Wildman–Crippen MR) is 78.2 cm³/mol. The zero-order valence-corrected chi connectivity index (χ0v) is 12.4. The highest BCUT2D eigenvalue weighted by atomic mass is 16.5. The number of hydrogen-bond acceptors (Lipinski definition) is 3. The Kier molecular flexibility index (Phi) is 4.65. The van der Waals surface area contributed by atoms with E-state index in [1.54, 1.807) is 0 Å². The minimum Gasteiger partial charge on any atom is -0.492 e. The van der Waals surface area contributed by atoms with Gasteiger partial charge in [0, 0.05) is 12.6 Å². The average molecular weight is 277 g/mol. The van der Waals surface area contributed by atoms with E-state index in [1.807, 2.05) is 26.8 Å². The van der Waals surface area contributed by atoms with E-state index in [0.29, 0.717) is 6.61 Å². The van der Waals surface area contributed by atoms with Crippen LogP contribution in [0.25, 0.3) is 0 Å². The molecule has 0 spiro atoms. The Labute approximate surface area is 120 Å². The van der Waals surface area contributed by atoms with E-state index in [0.717, 1.165) is 30.8 Å². The number of aliphatic carboxylic acids is 1. The summed E-state index contributed by atoms with van der Waals surface area (Å²) in [5, 5.41) is 9.11. The summed E-state index contributed by atoms with van der Waals surface area (Å²) in [7, 11) is 0.